The highest BCUT2D eigenvalue weighted by Crippen LogP contribution is 2.32. The predicted octanol–water partition coefficient (Wildman–Crippen LogP) is 2.84. The van der Waals surface area contributed by atoms with Gasteiger partial charge in [0.25, 0.3) is 9.84 Å². The number of rotatable bonds is 9. The van der Waals surface area contributed by atoms with E-state index in [4.69, 9.17) is 0 Å². The minimum Gasteiger partial charge on any atom is -0.389 e. The van der Waals surface area contributed by atoms with Gasteiger partial charge >= 0.3 is 11.5 Å². The van der Waals surface area contributed by atoms with Gasteiger partial charge in [-0.2, -0.15) is 13.2 Å². The molecule has 0 radical (unpaired) electrons. The third kappa shape index (κ3) is 6.42. The van der Waals surface area contributed by atoms with Crippen molar-refractivity contribution in [3.05, 3.63) is 50.9 Å². The second-order valence-corrected chi connectivity index (χ2v) is 11.1. The molecule has 0 aliphatic carbocycles. The lowest BCUT2D eigenvalue weighted by molar-refractivity contribution is -0.117. The molecule has 0 bridgehead atoms. The van der Waals surface area contributed by atoms with E-state index in [0.29, 0.717) is 31.8 Å². The van der Waals surface area contributed by atoms with E-state index in [9.17, 15) is 36.3 Å². The maximum atomic E-state index is 12.7. The summed E-state index contributed by atoms with van der Waals surface area (Å²) in [5.74, 6) is -0.265. The number of hydrogen-bond acceptors (Lipinski definition) is 9. The van der Waals surface area contributed by atoms with Gasteiger partial charge in [0.2, 0.25) is 0 Å². The Morgan fingerprint density at radius 1 is 1.09 bits per heavy atom. The number of aliphatic hydroxyl groups is 1. The van der Waals surface area contributed by atoms with Crippen LogP contribution in [0, 0.1) is 0 Å². The van der Waals surface area contributed by atoms with Crippen LogP contribution in [0.5, 0.6) is 0 Å². The average Bonchev–Trinajstić information content (AvgIpc) is 3.43. The van der Waals surface area contributed by atoms with Crippen LogP contribution in [0.2, 0.25) is 0 Å². The Morgan fingerprint density at radius 2 is 1.77 bits per heavy atom. The summed E-state index contributed by atoms with van der Waals surface area (Å²) in [6.45, 7) is -0.173. The number of nitrogens with one attached hydrogen (secondary N) is 2. The number of hydrogen-bond donors (Lipinski definition) is 3. The van der Waals surface area contributed by atoms with Crippen molar-refractivity contribution in [2.75, 3.05) is 7.05 Å². The van der Waals surface area contributed by atoms with Gasteiger partial charge in [0.15, 0.2) is 0 Å². The fourth-order valence-corrected chi connectivity index (χ4v) is 5.47. The van der Waals surface area contributed by atoms with E-state index in [2.05, 4.69) is 20.6 Å². The molecule has 2 amide bonds. The summed E-state index contributed by atoms with van der Waals surface area (Å²) < 4.78 is 60.8. The molecule has 35 heavy (non-hydrogen) atoms. The van der Waals surface area contributed by atoms with Gasteiger partial charge in [-0.3, -0.25) is 4.79 Å². The van der Waals surface area contributed by atoms with Crippen molar-refractivity contribution in [2.24, 2.45) is 0 Å². The maximum Gasteiger partial charge on any atom is 0.501 e. The number of benzene rings is 1. The van der Waals surface area contributed by atoms with Gasteiger partial charge < -0.3 is 15.7 Å². The molecule has 0 saturated carbocycles. The monoisotopic (exact) mass is 548 g/mol. The minimum atomic E-state index is -5.45. The van der Waals surface area contributed by atoms with Crippen molar-refractivity contribution in [1.82, 2.24) is 20.6 Å². The van der Waals surface area contributed by atoms with E-state index in [1.807, 2.05) is 0 Å². The maximum absolute atomic E-state index is 12.7. The Labute approximate surface area is 206 Å². The first-order valence-electron chi connectivity index (χ1n) is 9.86. The summed E-state index contributed by atoms with van der Waals surface area (Å²) in [7, 11) is -3.98. The number of amides is 2. The minimum absolute atomic E-state index is 0.0370. The van der Waals surface area contributed by atoms with E-state index < -0.39 is 26.3 Å². The molecule has 3 N–H and O–H groups in total. The number of aliphatic hydroxyl groups excluding tert-OH is 1. The molecule has 0 aliphatic rings. The standard InChI is InChI=1S/C20H19F3N4O5S3/c1-24-19(30)25-8-14-18(34-17(9-28)26-14)15-10-33-16(27-15)7-12(29)6-11-2-4-13(5-3-11)35(31,32)20(21,22)23/h2-5,10,28H,6-9H2,1H3,(H2,24,25,30). The van der Waals surface area contributed by atoms with Crippen LogP contribution in [-0.4, -0.2) is 47.9 Å². The molecule has 3 rings (SSSR count). The van der Waals surface area contributed by atoms with Gasteiger partial charge in [-0.1, -0.05) is 12.1 Å². The number of carbonyl (C=O) groups excluding carboxylic acids is 2. The van der Waals surface area contributed by atoms with Crippen LogP contribution in [0.15, 0.2) is 34.5 Å². The highest BCUT2D eigenvalue weighted by molar-refractivity contribution is 7.92. The van der Waals surface area contributed by atoms with Crippen molar-refractivity contribution in [3.8, 4) is 10.6 Å². The number of Topliss-reactive ketones (excluding diaryl/α,β-unsaturated/α-hetero) is 1. The van der Waals surface area contributed by atoms with Crippen molar-refractivity contribution >= 4 is 44.3 Å². The Kier molecular flexibility index (Phi) is 8.25. The molecular formula is C20H19F3N4O5S3. The molecule has 188 valence electrons. The molecular weight excluding hydrogens is 529 g/mol. The number of halogens is 3. The lowest BCUT2D eigenvalue weighted by atomic mass is 10.1. The molecule has 0 spiro atoms. The summed E-state index contributed by atoms with van der Waals surface area (Å²) in [4.78, 5) is 32.4. The highest BCUT2D eigenvalue weighted by atomic mass is 32.2. The van der Waals surface area contributed by atoms with Crippen molar-refractivity contribution in [2.45, 2.75) is 36.4 Å². The zero-order valence-corrected chi connectivity index (χ0v) is 20.5. The fraction of sp³-hybridized carbons (Fsp3) is 0.300. The van der Waals surface area contributed by atoms with Crippen LogP contribution in [0.4, 0.5) is 18.0 Å². The highest BCUT2D eigenvalue weighted by Gasteiger charge is 2.46. The summed E-state index contributed by atoms with van der Waals surface area (Å²) >= 11 is 2.44. The molecule has 2 aromatic heterocycles. The second kappa shape index (κ2) is 10.8. The van der Waals surface area contributed by atoms with Crippen LogP contribution < -0.4 is 10.6 Å². The van der Waals surface area contributed by atoms with Gasteiger partial charge in [-0.15, -0.1) is 22.7 Å². The number of urea groups is 1. The van der Waals surface area contributed by atoms with Crippen molar-refractivity contribution in [3.63, 3.8) is 0 Å². The van der Waals surface area contributed by atoms with Crippen LogP contribution >= 0.6 is 22.7 Å². The third-order valence-electron chi connectivity index (χ3n) is 4.59. The van der Waals surface area contributed by atoms with Crippen LogP contribution in [0.3, 0.4) is 0 Å². The molecule has 3 aromatic rings. The molecule has 0 aliphatic heterocycles. The Balaban J connectivity index is 1.68. The molecule has 0 atom stereocenters. The van der Waals surface area contributed by atoms with E-state index in [-0.39, 0.29) is 31.8 Å². The first-order chi connectivity index (χ1) is 16.4. The Hall–Kier alpha value is -2.88. The van der Waals surface area contributed by atoms with Gasteiger partial charge in [-0.05, 0) is 17.7 Å². The first kappa shape index (κ1) is 26.7. The molecule has 0 saturated heterocycles. The number of ketones is 1. The quantitative estimate of drug-likeness (QED) is 0.374. The van der Waals surface area contributed by atoms with E-state index >= 15 is 0 Å². The zero-order chi connectivity index (χ0) is 25.8. The SMILES string of the molecule is CNC(=O)NCc1nc(CO)sc1-c1csc(CC(=O)Cc2ccc(S(=O)(=O)C(F)(F)F)cc2)n1. The number of alkyl halides is 3. The predicted molar refractivity (Wildman–Crippen MR) is 123 cm³/mol. The molecule has 1 aromatic carbocycles. The smallest absolute Gasteiger partial charge is 0.389 e. The topological polar surface area (TPSA) is 138 Å². The van der Waals surface area contributed by atoms with Crippen molar-refractivity contribution < 1.29 is 36.3 Å². The first-order valence-corrected chi connectivity index (χ1v) is 13.0. The average molecular weight is 549 g/mol. The van der Waals surface area contributed by atoms with Gasteiger partial charge in [0.1, 0.15) is 15.8 Å². The van der Waals surface area contributed by atoms with E-state index in [1.165, 1.54) is 41.9 Å². The van der Waals surface area contributed by atoms with E-state index in [0.717, 1.165) is 12.1 Å². The molecule has 9 nitrogen and oxygen atoms in total. The number of sulfone groups is 1. The second-order valence-electron chi connectivity index (χ2n) is 7.09. The Morgan fingerprint density at radius 3 is 2.37 bits per heavy atom. The lowest BCUT2D eigenvalue weighted by Gasteiger charge is -2.08. The van der Waals surface area contributed by atoms with Crippen molar-refractivity contribution in [1.29, 1.82) is 0 Å². The lowest BCUT2D eigenvalue weighted by Crippen LogP contribution is -2.32. The largest absolute Gasteiger partial charge is 0.501 e. The van der Waals surface area contributed by atoms with Gasteiger partial charge in [0, 0.05) is 18.8 Å². The number of nitrogens with zero attached hydrogens (tertiary/aromatic N) is 2. The molecule has 0 fully saturated rings. The van der Waals surface area contributed by atoms with Crippen LogP contribution in [-0.2, 0) is 40.6 Å². The summed E-state index contributed by atoms with van der Waals surface area (Å²) in [6, 6.07) is 3.59. The molecule has 0 unspecified atom stereocenters. The van der Waals surface area contributed by atoms with Gasteiger partial charge in [0.05, 0.1) is 40.7 Å². The zero-order valence-electron chi connectivity index (χ0n) is 18.0. The van der Waals surface area contributed by atoms with E-state index in [1.54, 1.807) is 5.38 Å². The van der Waals surface area contributed by atoms with Crippen LogP contribution in [0.1, 0.15) is 21.3 Å². The number of carbonyl (C=O) groups is 2. The number of thiazole rings is 2. The van der Waals surface area contributed by atoms with Gasteiger partial charge in [-0.25, -0.2) is 23.2 Å². The Bertz CT molecular complexity index is 1320. The third-order valence-corrected chi connectivity index (χ3v) is 8.05. The summed E-state index contributed by atoms with van der Waals surface area (Å²) in [5.41, 5.74) is -3.99. The fourth-order valence-electron chi connectivity index (χ4n) is 2.92. The summed E-state index contributed by atoms with van der Waals surface area (Å²) in [5, 5.41) is 17.1. The van der Waals surface area contributed by atoms with Crippen LogP contribution in [0.25, 0.3) is 10.6 Å². The summed E-state index contributed by atoms with van der Waals surface area (Å²) in [6.07, 6.45) is -0.150. The normalized spacial score (nSPS) is 11.9. The number of aromatic nitrogens is 2. The molecule has 15 heteroatoms. The molecule has 2 heterocycles.